The predicted molar refractivity (Wildman–Crippen MR) is 105 cm³/mol. The molecule has 0 saturated heterocycles. The van der Waals surface area contributed by atoms with Gasteiger partial charge in [0.1, 0.15) is 5.75 Å². The molecule has 7 heteroatoms. The largest absolute Gasteiger partial charge is 0.476 e. The lowest BCUT2D eigenvalue weighted by Crippen LogP contribution is -2.55. The van der Waals surface area contributed by atoms with Crippen LogP contribution in [0.4, 0.5) is 5.69 Å². The van der Waals surface area contributed by atoms with Gasteiger partial charge in [-0.25, -0.2) is 8.42 Å². The van der Waals surface area contributed by atoms with Crippen molar-refractivity contribution in [2.45, 2.75) is 31.9 Å². The molecule has 0 spiro atoms. The van der Waals surface area contributed by atoms with E-state index in [1.165, 1.54) is 4.31 Å². The number of benzene rings is 2. The van der Waals surface area contributed by atoms with E-state index in [2.05, 4.69) is 5.32 Å². The van der Waals surface area contributed by atoms with Crippen molar-refractivity contribution < 1.29 is 17.9 Å². The molecular weight excluding hydrogens is 364 g/mol. The molecular formula is C20H24N2O4S. The summed E-state index contributed by atoms with van der Waals surface area (Å²) in [5.41, 5.74) is 1.05. The SMILES string of the molecule is CC(C)(Cc1ccccc1)NC(=O)[C@H]1CN(S(C)(=O)=O)c2ccccc2O1. The first kappa shape index (κ1) is 19.2. The molecule has 0 saturated carbocycles. The lowest BCUT2D eigenvalue weighted by Gasteiger charge is -2.36. The third kappa shape index (κ3) is 4.60. The van der Waals surface area contributed by atoms with Crippen LogP contribution in [-0.4, -0.2) is 38.8 Å². The molecule has 1 aliphatic rings. The minimum atomic E-state index is -3.52. The zero-order chi connectivity index (χ0) is 19.7. The summed E-state index contributed by atoms with van der Waals surface area (Å²) < 4.78 is 31.4. The molecule has 2 aromatic rings. The van der Waals surface area contributed by atoms with Crippen LogP contribution < -0.4 is 14.4 Å². The number of carbonyl (C=O) groups is 1. The number of fused-ring (bicyclic) bond motifs is 1. The third-order valence-electron chi connectivity index (χ3n) is 4.38. The van der Waals surface area contributed by atoms with Gasteiger partial charge in [-0.05, 0) is 38.0 Å². The first-order valence-corrected chi connectivity index (χ1v) is 10.6. The second kappa shape index (κ2) is 7.23. The fourth-order valence-electron chi connectivity index (χ4n) is 3.22. The van der Waals surface area contributed by atoms with E-state index in [0.717, 1.165) is 11.8 Å². The quantitative estimate of drug-likeness (QED) is 0.853. The summed E-state index contributed by atoms with van der Waals surface area (Å²) >= 11 is 0. The van der Waals surface area contributed by atoms with Crippen molar-refractivity contribution in [2.24, 2.45) is 0 Å². The van der Waals surface area contributed by atoms with Gasteiger partial charge in [0.05, 0.1) is 18.5 Å². The maximum atomic E-state index is 12.8. The van der Waals surface area contributed by atoms with Gasteiger partial charge in [-0.15, -0.1) is 0 Å². The van der Waals surface area contributed by atoms with Crippen molar-refractivity contribution in [3.8, 4) is 5.75 Å². The maximum Gasteiger partial charge on any atom is 0.263 e. The summed E-state index contributed by atoms with van der Waals surface area (Å²) in [7, 11) is -3.52. The van der Waals surface area contributed by atoms with Crippen LogP contribution in [0.1, 0.15) is 19.4 Å². The van der Waals surface area contributed by atoms with E-state index in [-0.39, 0.29) is 12.5 Å². The summed E-state index contributed by atoms with van der Waals surface area (Å²) in [4.78, 5) is 12.8. The van der Waals surface area contributed by atoms with E-state index in [1.54, 1.807) is 24.3 Å². The Hall–Kier alpha value is -2.54. The van der Waals surface area contributed by atoms with Gasteiger partial charge in [-0.3, -0.25) is 9.10 Å². The van der Waals surface area contributed by atoms with Gasteiger partial charge in [0.15, 0.2) is 6.10 Å². The second-order valence-corrected chi connectivity index (χ2v) is 9.31. The highest BCUT2D eigenvalue weighted by atomic mass is 32.2. The first-order valence-electron chi connectivity index (χ1n) is 8.75. The van der Waals surface area contributed by atoms with Gasteiger partial charge < -0.3 is 10.1 Å². The topological polar surface area (TPSA) is 75.7 Å². The van der Waals surface area contributed by atoms with Crippen molar-refractivity contribution in [3.63, 3.8) is 0 Å². The molecule has 0 bridgehead atoms. The minimum absolute atomic E-state index is 0.0525. The fourth-order valence-corrected chi connectivity index (χ4v) is 4.13. The number of para-hydroxylation sites is 2. The van der Waals surface area contributed by atoms with Crippen LogP contribution in [0.5, 0.6) is 5.75 Å². The predicted octanol–water partition coefficient (Wildman–Crippen LogP) is 2.35. The molecule has 3 rings (SSSR count). The lowest BCUT2D eigenvalue weighted by atomic mass is 9.94. The van der Waals surface area contributed by atoms with Crippen LogP contribution in [0.15, 0.2) is 54.6 Å². The molecule has 0 unspecified atom stereocenters. The molecule has 2 aromatic carbocycles. The lowest BCUT2D eigenvalue weighted by molar-refractivity contribution is -0.129. The average Bonchev–Trinajstić information content (AvgIpc) is 2.60. The van der Waals surface area contributed by atoms with Crippen molar-refractivity contribution in [2.75, 3.05) is 17.1 Å². The van der Waals surface area contributed by atoms with Crippen molar-refractivity contribution in [1.82, 2.24) is 5.32 Å². The van der Waals surface area contributed by atoms with Crippen molar-refractivity contribution in [1.29, 1.82) is 0 Å². The number of hydrogen-bond acceptors (Lipinski definition) is 4. The Labute approximate surface area is 160 Å². The Bertz CT molecular complexity index is 926. The number of amides is 1. The zero-order valence-corrected chi connectivity index (χ0v) is 16.5. The molecule has 144 valence electrons. The Kier molecular flexibility index (Phi) is 5.15. The van der Waals surface area contributed by atoms with Crippen LogP contribution >= 0.6 is 0 Å². The highest BCUT2D eigenvalue weighted by Crippen LogP contribution is 2.34. The molecule has 1 heterocycles. The summed E-state index contributed by atoms with van der Waals surface area (Å²) in [6.07, 6.45) is 0.868. The Morgan fingerprint density at radius 1 is 1.15 bits per heavy atom. The van der Waals surface area contributed by atoms with Gasteiger partial charge in [0.2, 0.25) is 10.0 Å². The summed E-state index contributed by atoms with van der Waals surface area (Å²) in [6, 6.07) is 16.7. The standard InChI is InChI=1S/C20H24N2O4S/c1-20(2,13-15-9-5-4-6-10-15)21-19(23)18-14-22(27(3,24)25)16-11-7-8-12-17(16)26-18/h4-12,18H,13-14H2,1-3H3,(H,21,23)/t18-/m1/s1. The first-order chi connectivity index (χ1) is 12.7. The molecule has 0 aliphatic carbocycles. The molecule has 0 aromatic heterocycles. The van der Waals surface area contributed by atoms with E-state index in [9.17, 15) is 13.2 Å². The van der Waals surface area contributed by atoms with E-state index in [4.69, 9.17) is 4.74 Å². The molecule has 6 nitrogen and oxygen atoms in total. The Morgan fingerprint density at radius 2 is 1.78 bits per heavy atom. The number of nitrogens with zero attached hydrogens (tertiary/aromatic N) is 1. The number of hydrogen-bond donors (Lipinski definition) is 1. The maximum absolute atomic E-state index is 12.8. The molecule has 1 amide bonds. The number of rotatable bonds is 5. The van der Waals surface area contributed by atoms with E-state index in [1.807, 2.05) is 44.2 Å². The summed E-state index contributed by atoms with van der Waals surface area (Å²) in [5, 5.41) is 2.99. The van der Waals surface area contributed by atoms with Crippen LogP contribution in [0, 0.1) is 0 Å². The van der Waals surface area contributed by atoms with Gasteiger partial charge in [0, 0.05) is 5.54 Å². The molecule has 0 fully saturated rings. The average molecular weight is 388 g/mol. The smallest absolute Gasteiger partial charge is 0.263 e. The summed E-state index contributed by atoms with van der Waals surface area (Å²) in [5.74, 6) is 0.0503. The number of nitrogens with one attached hydrogen (secondary N) is 1. The third-order valence-corrected chi connectivity index (χ3v) is 5.52. The van der Waals surface area contributed by atoms with Gasteiger partial charge in [-0.1, -0.05) is 42.5 Å². The minimum Gasteiger partial charge on any atom is -0.476 e. The van der Waals surface area contributed by atoms with Crippen LogP contribution in [-0.2, 0) is 21.2 Å². The van der Waals surface area contributed by atoms with E-state index in [0.29, 0.717) is 17.9 Å². The van der Waals surface area contributed by atoms with Gasteiger partial charge >= 0.3 is 0 Å². The summed E-state index contributed by atoms with van der Waals surface area (Å²) in [6.45, 7) is 3.81. The fraction of sp³-hybridized carbons (Fsp3) is 0.350. The van der Waals surface area contributed by atoms with Crippen LogP contribution in [0.3, 0.4) is 0 Å². The molecule has 27 heavy (non-hydrogen) atoms. The number of sulfonamides is 1. The molecule has 1 aliphatic heterocycles. The number of carbonyl (C=O) groups excluding carboxylic acids is 1. The van der Waals surface area contributed by atoms with E-state index < -0.39 is 21.7 Å². The number of ether oxygens (including phenoxy) is 1. The molecule has 0 radical (unpaired) electrons. The molecule has 1 atom stereocenters. The van der Waals surface area contributed by atoms with Gasteiger partial charge in [0.25, 0.3) is 5.91 Å². The Balaban J connectivity index is 1.77. The Morgan fingerprint density at radius 3 is 2.44 bits per heavy atom. The number of anilines is 1. The van der Waals surface area contributed by atoms with Crippen molar-refractivity contribution >= 4 is 21.6 Å². The van der Waals surface area contributed by atoms with Crippen LogP contribution in [0.2, 0.25) is 0 Å². The zero-order valence-electron chi connectivity index (χ0n) is 15.7. The van der Waals surface area contributed by atoms with E-state index >= 15 is 0 Å². The second-order valence-electron chi connectivity index (χ2n) is 7.40. The highest BCUT2D eigenvalue weighted by molar-refractivity contribution is 7.92. The molecule has 1 N–H and O–H groups in total. The van der Waals surface area contributed by atoms with Crippen molar-refractivity contribution in [3.05, 3.63) is 60.2 Å². The van der Waals surface area contributed by atoms with Crippen LogP contribution in [0.25, 0.3) is 0 Å². The monoisotopic (exact) mass is 388 g/mol. The normalized spacial score (nSPS) is 17.0. The highest BCUT2D eigenvalue weighted by Gasteiger charge is 2.36. The van der Waals surface area contributed by atoms with Gasteiger partial charge in [-0.2, -0.15) is 0 Å².